The number of anilines is 2. The summed E-state index contributed by atoms with van der Waals surface area (Å²) in [5, 5.41) is 8.78. The number of aryl methyl sites for hydroxylation is 1. The normalized spacial score (nSPS) is 10.2. The van der Waals surface area contributed by atoms with E-state index >= 15 is 0 Å². The van der Waals surface area contributed by atoms with E-state index in [1.165, 1.54) is 18.1 Å². The molecule has 2 aromatic rings. The van der Waals surface area contributed by atoms with Crippen molar-refractivity contribution in [1.82, 2.24) is 5.32 Å². The number of carbonyl (C=O) groups excluding carboxylic acids is 2. The molecule has 0 aromatic heterocycles. The Labute approximate surface area is 142 Å². The standard InChI is InChI=1S/C19H23N3O2/c1-14-3-5-16(6-4-14)13-20-12-11-19(24)22-18-9-7-17(8-10-18)21-15(2)23/h3-10,20H,11-13H2,1-2H3,(H,21,23)(H,22,24). The monoisotopic (exact) mass is 325 g/mol. The molecule has 0 heterocycles. The van der Waals surface area contributed by atoms with Crippen molar-refractivity contribution in [2.75, 3.05) is 17.2 Å². The second kappa shape index (κ2) is 8.84. The summed E-state index contributed by atoms with van der Waals surface area (Å²) >= 11 is 0. The van der Waals surface area contributed by atoms with Gasteiger partial charge in [-0.25, -0.2) is 0 Å². The van der Waals surface area contributed by atoms with Crippen LogP contribution in [0.15, 0.2) is 48.5 Å². The average molecular weight is 325 g/mol. The van der Waals surface area contributed by atoms with Gasteiger partial charge in [0.1, 0.15) is 0 Å². The molecule has 0 fully saturated rings. The lowest BCUT2D eigenvalue weighted by Gasteiger charge is -2.08. The van der Waals surface area contributed by atoms with Crippen LogP contribution in [0.1, 0.15) is 24.5 Å². The molecule has 0 unspecified atom stereocenters. The van der Waals surface area contributed by atoms with E-state index in [-0.39, 0.29) is 11.8 Å². The highest BCUT2D eigenvalue weighted by atomic mass is 16.2. The van der Waals surface area contributed by atoms with Crippen LogP contribution in [-0.2, 0) is 16.1 Å². The average Bonchev–Trinajstić information content (AvgIpc) is 2.55. The van der Waals surface area contributed by atoms with E-state index in [0.29, 0.717) is 24.3 Å². The van der Waals surface area contributed by atoms with Crippen LogP contribution in [0.5, 0.6) is 0 Å². The van der Waals surface area contributed by atoms with E-state index in [9.17, 15) is 9.59 Å². The van der Waals surface area contributed by atoms with Gasteiger partial charge >= 0.3 is 0 Å². The molecular formula is C19H23N3O2. The molecule has 5 heteroatoms. The van der Waals surface area contributed by atoms with E-state index < -0.39 is 0 Å². The maximum Gasteiger partial charge on any atom is 0.225 e. The highest BCUT2D eigenvalue weighted by Gasteiger charge is 2.03. The summed E-state index contributed by atoms with van der Waals surface area (Å²) in [6, 6.07) is 15.4. The molecule has 0 bridgehead atoms. The second-order valence-electron chi connectivity index (χ2n) is 5.72. The molecule has 0 saturated carbocycles. The molecule has 5 nitrogen and oxygen atoms in total. The molecule has 2 aromatic carbocycles. The third-order valence-corrected chi connectivity index (χ3v) is 3.47. The molecule has 0 aliphatic heterocycles. The summed E-state index contributed by atoms with van der Waals surface area (Å²) < 4.78 is 0. The van der Waals surface area contributed by atoms with Gasteiger partial charge < -0.3 is 16.0 Å². The Morgan fingerprint density at radius 3 is 2.04 bits per heavy atom. The first kappa shape index (κ1) is 17.7. The van der Waals surface area contributed by atoms with Crippen molar-refractivity contribution < 1.29 is 9.59 Å². The summed E-state index contributed by atoms with van der Waals surface area (Å²) in [7, 11) is 0. The molecule has 3 N–H and O–H groups in total. The Bertz CT molecular complexity index is 679. The first-order valence-electron chi connectivity index (χ1n) is 7.97. The minimum atomic E-state index is -0.119. The van der Waals surface area contributed by atoms with Gasteiger partial charge in [-0.1, -0.05) is 29.8 Å². The molecule has 126 valence electrons. The van der Waals surface area contributed by atoms with Crippen LogP contribution >= 0.6 is 0 Å². The molecule has 0 aliphatic carbocycles. The highest BCUT2D eigenvalue weighted by molar-refractivity contribution is 5.92. The Kier molecular flexibility index (Phi) is 6.51. The van der Waals surface area contributed by atoms with Crippen molar-refractivity contribution in [2.24, 2.45) is 0 Å². The van der Waals surface area contributed by atoms with Crippen molar-refractivity contribution in [3.63, 3.8) is 0 Å². The third-order valence-electron chi connectivity index (χ3n) is 3.47. The predicted octanol–water partition coefficient (Wildman–Crippen LogP) is 3.07. The molecule has 2 amide bonds. The molecule has 24 heavy (non-hydrogen) atoms. The number of hydrogen-bond acceptors (Lipinski definition) is 3. The third kappa shape index (κ3) is 6.22. The largest absolute Gasteiger partial charge is 0.326 e. The van der Waals surface area contributed by atoms with Gasteiger partial charge in [-0.2, -0.15) is 0 Å². The van der Waals surface area contributed by atoms with E-state index in [1.807, 2.05) is 0 Å². The van der Waals surface area contributed by atoms with E-state index in [4.69, 9.17) is 0 Å². The van der Waals surface area contributed by atoms with Gasteiger partial charge in [0.25, 0.3) is 0 Å². The maximum atomic E-state index is 11.9. The summed E-state index contributed by atoms with van der Waals surface area (Å²) in [6.07, 6.45) is 0.402. The van der Waals surface area contributed by atoms with Crippen molar-refractivity contribution in [2.45, 2.75) is 26.8 Å². The molecule has 0 spiro atoms. The molecule has 0 radical (unpaired) electrons. The maximum absolute atomic E-state index is 11.9. The van der Waals surface area contributed by atoms with E-state index in [0.717, 1.165) is 6.54 Å². The van der Waals surface area contributed by atoms with Crippen LogP contribution in [0.25, 0.3) is 0 Å². The van der Waals surface area contributed by atoms with Crippen molar-refractivity contribution in [3.8, 4) is 0 Å². The van der Waals surface area contributed by atoms with Gasteiger partial charge in [0.2, 0.25) is 11.8 Å². The number of amides is 2. The zero-order chi connectivity index (χ0) is 17.4. The van der Waals surface area contributed by atoms with Crippen LogP contribution in [0.3, 0.4) is 0 Å². The number of benzene rings is 2. The van der Waals surface area contributed by atoms with Gasteiger partial charge in [0.05, 0.1) is 0 Å². The SMILES string of the molecule is CC(=O)Nc1ccc(NC(=O)CCNCc2ccc(C)cc2)cc1. The number of nitrogens with one attached hydrogen (secondary N) is 3. The van der Waals surface area contributed by atoms with Gasteiger partial charge in [0.15, 0.2) is 0 Å². The minimum Gasteiger partial charge on any atom is -0.326 e. The highest BCUT2D eigenvalue weighted by Crippen LogP contribution is 2.13. The van der Waals surface area contributed by atoms with Crippen LogP contribution in [-0.4, -0.2) is 18.4 Å². The van der Waals surface area contributed by atoms with Crippen LogP contribution in [0.2, 0.25) is 0 Å². The zero-order valence-electron chi connectivity index (χ0n) is 14.1. The van der Waals surface area contributed by atoms with Crippen LogP contribution in [0, 0.1) is 6.92 Å². The topological polar surface area (TPSA) is 70.2 Å². The Balaban J connectivity index is 1.69. The minimum absolute atomic E-state index is 0.0429. The van der Waals surface area contributed by atoms with Crippen molar-refractivity contribution in [3.05, 3.63) is 59.7 Å². The quantitative estimate of drug-likeness (QED) is 0.685. The van der Waals surface area contributed by atoms with Gasteiger partial charge in [0, 0.05) is 37.8 Å². The fraction of sp³-hybridized carbons (Fsp3) is 0.263. The zero-order valence-corrected chi connectivity index (χ0v) is 14.1. The Morgan fingerprint density at radius 2 is 1.46 bits per heavy atom. The predicted molar refractivity (Wildman–Crippen MR) is 96.9 cm³/mol. The molecule has 0 aliphatic rings. The van der Waals surface area contributed by atoms with Crippen molar-refractivity contribution >= 4 is 23.2 Å². The molecular weight excluding hydrogens is 302 g/mol. The fourth-order valence-electron chi connectivity index (χ4n) is 2.20. The Hall–Kier alpha value is -2.66. The van der Waals surface area contributed by atoms with Crippen molar-refractivity contribution in [1.29, 1.82) is 0 Å². The van der Waals surface area contributed by atoms with Gasteiger partial charge in [-0.05, 0) is 36.8 Å². The number of rotatable bonds is 7. The summed E-state index contributed by atoms with van der Waals surface area (Å²) in [5.74, 6) is -0.162. The lowest BCUT2D eigenvalue weighted by molar-refractivity contribution is -0.116. The summed E-state index contributed by atoms with van der Waals surface area (Å²) in [4.78, 5) is 22.9. The second-order valence-corrected chi connectivity index (χ2v) is 5.72. The number of carbonyl (C=O) groups is 2. The first-order valence-corrected chi connectivity index (χ1v) is 7.97. The molecule has 0 atom stereocenters. The van der Waals surface area contributed by atoms with E-state index in [1.54, 1.807) is 24.3 Å². The fourth-order valence-corrected chi connectivity index (χ4v) is 2.20. The Morgan fingerprint density at radius 1 is 0.875 bits per heavy atom. The number of hydrogen-bond donors (Lipinski definition) is 3. The molecule has 2 rings (SSSR count). The molecule has 0 saturated heterocycles. The first-order chi connectivity index (χ1) is 11.5. The van der Waals surface area contributed by atoms with Crippen LogP contribution in [0.4, 0.5) is 11.4 Å². The summed E-state index contributed by atoms with van der Waals surface area (Å²) in [5.41, 5.74) is 3.87. The van der Waals surface area contributed by atoms with Crippen LogP contribution < -0.4 is 16.0 Å². The van der Waals surface area contributed by atoms with E-state index in [2.05, 4.69) is 47.1 Å². The lowest BCUT2D eigenvalue weighted by Crippen LogP contribution is -2.21. The van der Waals surface area contributed by atoms with Gasteiger partial charge in [-0.15, -0.1) is 0 Å². The smallest absolute Gasteiger partial charge is 0.225 e. The lowest BCUT2D eigenvalue weighted by atomic mass is 10.1. The van der Waals surface area contributed by atoms with Gasteiger partial charge in [-0.3, -0.25) is 9.59 Å². The summed E-state index contributed by atoms with van der Waals surface area (Å²) in [6.45, 7) is 4.88.